The molecule has 4 heteroatoms. The maximum Gasteiger partial charge on any atom is 0.240 e. The van der Waals surface area contributed by atoms with Gasteiger partial charge in [0.15, 0.2) is 0 Å². The number of likely N-dealkylation sites (tertiary alicyclic amines) is 1. The summed E-state index contributed by atoms with van der Waals surface area (Å²) in [6, 6.07) is 1.59. The standard InChI is InChI=1S/C12H21N3O/c1-8(2)6-11(14)12(16)15-9(3)4-5-10(15)7-13/h8-11H,4-6,14H2,1-3H3. The van der Waals surface area contributed by atoms with Gasteiger partial charge in [-0.3, -0.25) is 4.79 Å². The smallest absolute Gasteiger partial charge is 0.240 e. The Balaban J connectivity index is 2.68. The molecule has 3 unspecified atom stereocenters. The van der Waals surface area contributed by atoms with E-state index in [-0.39, 0.29) is 18.0 Å². The molecule has 0 bridgehead atoms. The molecular formula is C12H21N3O. The van der Waals surface area contributed by atoms with Gasteiger partial charge in [0.2, 0.25) is 5.91 Å². The largest absolute Gasteiger partial charge is 0.323 e. The van der Waals surface area contributed by atoms with Crippen molar-refractivity contribution in [1.29, 1.82) is 5.26 Å². The van der Waals surface area contributed by atoms with E-state index in [1.165, 1.54) is 0 Å². The summed E-state index contributed by atoms with van der Waals surface area (Å²) in [6.07, 6.45) is 2.36. The van der Waals surface area contributed by atoms with Gasteiger partial charge in [-0.2, -0.15) is 5.26 Å². The molecule has 1 heterocycles. The van der Waals surface area contributed by atoms with E-state index >= 15 is 0 Å². The Bertz CT molecular complexity index is 295. The highest BCUT2D eigenvalue weighted by Crippen LogP contribution is 2.24. The maximum absolute atomic E-state index is 12.1. The molecule has 3 atom stereocenters. The molecule has 16 heavy (non-hydrogen) atoms. The van der Waals surface area contributed by atoms with E-state index in [2.05, 4.69) is 6.07 Å². The van der Waals surface area contributed by atoms with Crippen LogP contribution in [0.1, 0.15) is 40.0 Å². The van der Waals surface area contributed by atoms with Crippen molar-refractivity contribution in [3.63, 3.8) is 0 Å². The molecule has 0 aliphatic carbocycles. The van der Waals surface area contributed by atoms with Gasteiger partial charge in [-0.25, -0.2) is 0 Å². The van der Waals surface area contributed by atoms with Crippen molar-refractivity contribution in [2.24, 2.45) is 11.7 Å². The fraction of sp³-hybridized carbons (Fsp3) is 0.833. The average Bonchev–Trinajstić information content (AvgIpc) is 2.57. The topological polar surface area (TPSA) is 70.1 Å². The fourth-order valence-electron chi connectivity index (χ4n) is 2.28. The highest BCUT2D eigenvalue weighted by Gasteiger charge is 2.36. The predicted octanol–water partition coefficient (Wildman–Crippen LogP) is 1.26. The Labute approximate surface area is 97.4 Å². The molecule has 2 N–H and O–H groups in total. The summed E-state index contributed by atoms with van der Waals surface area (Å²) in [5, 5.41) is 8.98. The lowest BCUT2D eigenvalue weighted by atomic mass is 10.0. The summed E-state index contributed by atoms with van der Waals surface area (Å²) in [5.41, 5.74) is 5.88. The normalized spacial score (nSPS) is 26.9. The minimum atomic E-state index is -0.462. The molecule has 0 radical (unpaired) electrons. The van der Waals surface area contributed by atoms with E-state index in [1.807, 2.05) is 20.8 Å². The number of carbonyl (C=O) groups is 1. The second-order valence-corrected chi connectivity index (χ2v) is 5.05. The molecule has 90 valence electrons. The van der Waals surface area contributed by atoms with Crippen molar-refractivity contribution < 1.29 is 4.79 Å². The summed E-state index contributed by atoms with van der Waals surface area (Å²) in [4.78, 5) is 13.8. The second kappa shape index (κ2) is 5.31. The van der Waals surface area contributed by atoms with Crippen LogP contribution in [0.2, 0.25) is 0 Å². The van der Waals surface area contributed by atoms with Crippen LogP contribution in [-0.4, -0.2) is 28.9 Å². The fourth-order valence-corrected chi connectivity index (χ4v) is 2.28. The molecule has 1 rings (SSSR count). The first kappa shape index (κ1) is 13.0. The van der Waals surface area contributed by atoms with Crippen LogP contribution in [0.25, 0.3) is 0 Å². The quantitative estimate of drug-likeness (QED) is 0.783. The van der Waals surface area contributed by atoms with Gasteiger partial charge in [-0.05, 0) is 32.1 Å². The van der Waals surface area contributed by atoms with Crippen molar-refractivity contribution in [1.82, 2.24) is 4.90 Å². The van der Waals surface area contributed by atoms with Gasteiger partial charge in [-0.15, -0.1) is 0 Å². The van der Waals surface area contributed by atoms with Crippen LogP contribution in [-0.2, 0) is 4.79 Å². The lowest BCUT2D eigenvalue weighted by Crippen LogP contribution is -2.48. The van der Waals surface area contributed by atoms with Crippen molar-refractivity contribution >= 4 is 5.91 Å². The van der Waals surface area contributed by atoms with E-state index in [1.54, 1.807) is 4.90 Å². The molecule has 0 spiro atoms. The van der Waals surface area contributed by atoms with Crippen LogP contribution in [0.4, 0.5) is 0 Å². The van der Waals surface area contributed by atoms with Crippen LogP contribution >= 0.6 is 0 Å². The van der Waals surface area contributed by atoms with Crippen LogP contribution in [0.3, 0.4) is 0 Å². The average molecular weight is 223 g/mol. The van der Waals surface area contributed by atoms with Crippen molar-refractivity contribution in [2.75, 3.05) is 0 Å². The van der Waals surface area contributed by atoms with Crippen LogP contribution in [0.15, 0.2) is 0 Å². The molecule has 0 aromatic heterocycles. The SMILES string of the molecule is CC(C)CC(N)C(=O)N1C(C)CCC1C#N. The highest BCUT2D eigenvalue weighted by molar-refractivity contribution is 5.82. The number of amides is 1. The number of nitriles is 1. The molecule has 1 aliphatic rings. The molecule has 0 aromatic rings. The van der Waals surface area contributed by atoms with Gasteiger partial charge < -0.3 is 10.6 Å². The summed E-state index contributed by atoms with van der Waals surface area (Å²) in [7, 11) is 0. The van der Waals surface area contributed by atoms with Gasteiger partial charge in [0.05, 0.1) is 12.1 Å². The zero-order valence-electron chi connectivity index (χ0n) is 10.3. The van der Waals surface area contributed by atoms with Gasteiger partial charge in [0, 0.05) is 6.04 Å². The Morgan fingerprint density at radius 1 is 1.56 bits per heavy atom. The number of nitrogens with two attached hydrogens (primary N) is 1. The van der Waals surface area contributed by atoms with Crippen molar-refractivity contribution in [2.45, 2.75) is 58.2 Å². The minimum Gasteiger partial charge on any atom is -0.323 e. The molecule has 1 fully saturated rings. The van der Waals surface area contributed by atoms with Gasteiger partial charge in [0.25, 0.3) is 0 Å². The zero-order chi connectivity index (χ0) is 12.3. The van der Waals surface area contributed by atoms with E-state index in [0.717, 1.165) is 12.8 Å². The van der Waals surface area contributed by atoms with E-state index in [4.69, 9.17) is 11.0 Å². The predicted molar refractivity (Wildman–Crippen MR) is 62.4 cm³/mol. The molecule has 0 saturated carbocycles. The molecule has 1 amide bonds. The maximum atomic E-state index is 12.1. The van der Waals surface area contributed by atoms with Gasteiger partial charge in [0.1, 0.15) is 6.04 Å². The first-order chi connectivity index (χ1) is 7.47. The Morgan fingerprint density at radius 2 is 2.19 bits per heavy atom. The summed E-state index contributed by atoms with van der Waals surface area (Å²) < 4.78 is 0. The molecule has 1 saturated heterocycles. The van der Waals surface area contributed by atoms with Crippen LogP contribution in [0.5, 0.6) is 0 Å². The van der Waals surface area contributed by atoms with Crippen LogP contribution < -0.4 is 5.73 Å². The highest BCUT2D eigenvalue weighted by atomic mass is 16.2. The van der Waals surface area contributed by atoms with Crippen LogP contribution in [0, 0.1) is 17.2 Å². The monoisotopic (exact) mass is 223 g/mol. The third kappa shape index (κ3) is 2.73. The van der Waals surface area contributed by atoms with E-state index < -0.39 is 6.04 Å². The molecule has 0 aromatic carbocycles. The minimum absolute atomic E-state index is 0.0646. The van der Waals surface area contributed by atoms with Gasteiger partial charge >= 0.3 is 0 Å². The summed E-state index contributed by atoms with van der Waals surface area (Å²) in [6.45, 7) is 6.07. The third-order valence-electron chi connectivity index (χ3n) is 3.11. The van der Waals surface area contributed by atoms with Crippen molar-refractivity contribution in [3.8, 4) is 6.07 Å². The number of hydrogen-bond acceptors (Lipinski definition) is 3. The molecule has 1 aliphatic heterocycles. The lowest BCUT2D eigenvalue weighted by molar-refractivity contribution is -0.134. The Hall–Kier alpha value is -1.08. The second-order valence-electron chi connectivity index (χ2n) is 5.05. The van der Waals surface area contributed by atoms with E-state index in [9.17, 15) is 4.79 Å². The third-order valence-corrected chi connectivity index (χ3v) is 3.11. The molecule has 4 nitrogen and oxygen atoms in total. The summed E-state index contributed by atoms with van der Waals surface area (Å²) >= 11 is 0. The Kier molecular flexibility index (Phi) is 4.31. The van der Waals surface area contributed by atoms with E-state index in [0.29, 0.717) is 12.3 Å². The number of rotatable bonds is 3. The number of carbonyl (C=O) groups excluding carboxylic acids is 1. The summed E-state index contributed by atoms with van der Waals surface area (Å²) in [5.74, 6) is 0.336. The zero-order valence-corrected chi connectivity index (χ0v) is 10.3. The molecular weight excluding hydrogens is 202 g/mol. The van der Waals surface area contributed by atoms with Crippen molar-refractivity contribution in [3.05, 3.63) is 0 Å². The Morgan fingerprint density at radius 3 is 2.69 bits per heavy atom. The lowest BCUT2D eigenvalue weighted by Gasteiger charge is -2.28. The first-order valence-electron chi connectivity index (χ1n) is 5.94. The first-order valence-corrected chi connectivity index (χ1v) is 5.94. The van der Waals surface area contributed by atoms with Gasteiger partial charge in [-0.1, -0.05) is 13.8 Å². The number of nitrogens with zero attached hydrogens (tertiary/aromatic N) is 2. The number of hydrogen-bond donors (Lipinski definition) is 1.